The molecule has 0 bridgehead atoms. The van der Waals surface area contributed by atoms with Crippen LogP contribution in [0.1, 0.15) is 11.6 Å². The Morgan fingerprint density at radius 2 is 2.25 bits per heavy atom. The summed E-state index contributed by atoms with van der Waals surface area (Å²) in [5.41, 5.74) is 11.4. The van der Waals surface area contributed by atoms with Crippen LogP contribution >= 0.6 is 11.6 Å². The van der Waals surface area contributed by atoms with E-state index in [-0.39, 0.29) is 16.8 Å². The lowest BCUT2D eigenvalue weighted by molar-refractivity contribution is 0.732. The largest absolute Gasteiger partial charge is 0.329 e. The van der Waals surface area contributed by atoms with Crippen molar-refractivity contribution in [2.75, 3.05) is 6.54 Å². The van der Waals surface area contributed by atoms with Gasteiger partial charge in [0.25, 0.3) is 0 Å². The molecule has 0 saturated heterocycles. The maximum Gasteiger partial charge on any atom is 0.249 e. The predicted octanol–water partition coefficient (Wildman–Crippen LogP) is -0.0132. The van der Waals surface area contributed by atoms with Crippen molar-refractivity contribution in [3.8, 4) is 0 Å². The Labute approximate surface area is 74.5 Å². The van der Waals surface area contributed by atoms with Crippen molar-refractivity contribution >= 4 is 11.6 Å². The summed E-state index contributed by atoms with van der Waals surface area (Å²) in [6, 6.07) is 2.63. The van der Waals surface area contributed by atoms with Crippen LogP contribution in [-0.4, -0.2) is 11.5 Å². The van der Waals surface area contributed by atoms with Crippen LogP contribution in [0.15, 0.2) is 16.9 Å². The average Bonchev–Trinajstić information content (AvgIpc) is 2.03. The fourth-order valence-corrected chi connectivity index (χ4v) is 1.17. The SMILES string of the molecule is NCC(N)c1ccc(=O)[nH]c1Cl. The van der Waals surface area contributed by atoms with Gasteiger partial charge in [-0.15, -0.1) is 0 Å². The van der Waals surface area contributed by atoms with Gasteiger partial charge in [0.1, 0.15) is 5.15 Å². The second kappa shape index (κ2) is 3.71. The van der Waals surface area contributed by atoms with E-state index in [1.165, 1.54) is 6.07 Å². The maximum absolute atomic E-state index is 10.7. The zero-order chi connectivity index (χ0) is 9.14. The summed E-state index contributed by atoms with van der Waals surface area (Å²) < 4.78 is 0. The molecule has 1 unspecified atom stereocenters. The van der Waals surface area contributed by atoms with E-state index in [1.807, 2.05) is 0 Å². The molecule has 1 heterocycles. The number of hydrogen-bond acceptors (Lipinski definition) is 3. The minimum absolute atomic E-state index is 0.243. The number of pyridine rings is 1. The van der Waals surface area contributed by atoms with Gasteiger partial charge in [-0.25, -0.2) is 0 Å². The zero-order valence-corrected chi connectivity index (χ0v) is 7.14. The van der Waals surface area contributed by atoms with Crippen molar-refractivity contribution < 1.29 is 0 Å². The minimum Gasteiger partial charge on any atom is -0.329 e. The van der Waals surface area contributed by atoms with Crippen LogP contribution in [0.25, 0.3) is 0 Å². The molecular formula is C7H10ClN3O. The van der Waals surface area contributed by atoms with E-state index in [4.69, 9.17) is 23.1 Å². The first-order valence-electron chi connectivity index (χ1n) is 3.49. The smallest absolute Gasteiger partial charge is 0.249 e. The summed E-state index contributed by atoms with van der Waals surface area (Å²) in [4.78, 5) is 13.2. The lowest BCUT2D eigenvalue weighted by Gasteiger charge is -2.09. The van der Waals surface area contributed by atoms with E-state index in [0.717, 1.165) is 0 Å². The molecule has 5 N–H and O–H groups in total. The van der Waals surface area contributed by atoms with Gasteiger partial charge < -0.3 is 16.5 Å². The van der Waals surface area contributed by atoms with Gasteiger partial charge in [0.15, 0.2) is 0 Å². The summed E-state index contributed by atoms with van der Waals surface area (Å²) >= 11 is 5.71. The van der Waals surface area contributed by atoms with Crippen LogP contribution in [0.3, 0.4) is 0 Å². The van der Waals surface area contributed by atoms with Crippen molar-refractivity contribution in [2.24, 2.45) is 11.5 Å². The van der Waals surface area contributed by atoms with Crippen LogP contribution in [0.4, 0.5) is 0 Å². The summed E-state index contributed by atoms with van der Waals surface area (Å²) in [7, 11) is 0. The van der Waals surface area contributed by atoms with Gasteiger partial charge in [0.05, 0.1) is 0 Å². The van der Waals surface area contributed by atoms with Crippen LogP contribution < -0.4 is 17.0 Å². The molecule has 0 amide bonds. The number of halogens is 1. The molecule has 1 rings (SSSR count). The van der Waals surface area contributed by atoms with Gasteiger partial charge in [-0.2, -0.15) is 0 Å². The summed E-state index contributed by atoms with van der Waals surface area (Å²) in [5, 5.41) is 0.264. The monoisotopic (exact) mass is 187 g/mol. The van der Waals surface area contributed by atoms with Crippen molar-refractivity contribution in [1.82, 2.24) is 4.98 Å². The number of nitrogens with one attached hydrogen (secondary N) is 1. The topological polar surface area (TPSA) is 84.9 Å². The highest BCUT2D eigenvalue weighted by Crippen LogP contribution is 2.15. The van der Waals surface area contributed by atoms with Crippen LogP contribution in [0.5, 0.6) is 0 Å². The van der Waals surface area contributed by atoms with E-state index >= 15 is 0 Å². The number of hydrogen-bond donors (Lipinski definition) is 3. The quantitative estimate of drug-likeness (QED) is 0.570. The highest BCUT2D eigenvalue weighted by molar-refractivity contribution is 6.30. The fourth-order valence-electron chi connectivity index (χ4n) is 0.874. The molecule has 0 aliphatic heterocycles. The third kappa shape index (κ3) is 1.85. The first-order chi connectivity index (χ1) is 5.65. The molecule has 0 fully saturated rings. The molecule has 12 heavy (non-hydrogen) atoms. The summed E-state index contributed by atoms with van der Waals surface area (Å²) in [6.07, 6.45) is 0. The average molecular weight is 188 g/mol. The van der Waals surface area contributed by atoms with Gasteiger partial charge in [0, 0.05) is 24.2 Å². The Hall–Kier alpha value is -0.840. The van der Waals surface area contributed by atoms with Crippen LogP contribution in [0, 0.1) is 0 Å². The van der Waals surface area contributed by atoms with Crippen molar-refractivity contribution in [1.29, 1.82) is 0 Å². The lowest BCUT2D eigenvalue weighted by atomic mass is 10.1. The number of H-pyrrole nitrogens is 1. The Morgan fingerprint density at radius 1 is 1.58 bits per heavy atom. The fraction of sp³-hybridized carbons (Fsp3) is 0.286. The van der Waals surface area contributed by atoms with E-state index in [2.05, 4.69) is 4.98 Å². The highest BCUT2D eigenvalue weighted by Gasteiger charge is 2.07. The third-order valence-electron chi connectivity index (χ3n) is 1.55. The third-order valence-corrected chi connectivity index (χ3v) is 1.87. The Morgan fingerprint density at radius 3 is 2.75 bits per heavy atom. The molecule has 0 saturated carbocycles. The predicted molar refractivity (Wildman–Crippen MR) is 48.1 cm³/mol. The van der Waals surface area contributed by atoms with Gasteiger partial charge in [-0.3, -0.25) is 4.79 Å². The van der Waals surface area contributed by atoms with E-state index < -0.39 is 0 Å². The molecule has 0 aliphatic rings. The first kappa shape index (κ1) is 9.25. The van der Waals surface area contributed by atoms with Crippen LogP contribution in [0.2, 0.25) is 5.15 Å². The highest BCUT2D eigenvalue weighted by atomic mass is 35.5. The van der Waals surface area contributed by atoms with Crippen molar-refractivity contribution in [3.63, 3.8) is 0 Å². The number of nitrogens with two attached hydrogens (primary N) is 2. The molecule has 4 nitrogen and oxygen atoms in total. The molecule has 0 radical (unpaired) electrons. The normalized spacial score (nSPS) is 12.9. The second-order valence-corrected chi connectivity index (χ2v) is 2.81. The van der Waals surface area contributed by atoms with Gasteiger partial charge in [0.2, 0.25) is 5.56 Å². The molecule has 0 aliphatic carbocycles. The molecule has 1 atom stereocenters. The standard InChI is InChI=1S/C7H10ClN3O/c8-7-4(5(10)3-9)1-2-6(12)11-7/h1-2,5H,3,9-10H2,(H,11,12). The molecule has 0 spiro atoms. The lowest BCUT2D eigenvalue weighted by Crippen LogP contribution is -2.22. The number of aromatic nitrogens is 1. The Kier molecular flexibility index (Phi) is 2.86. The van der Waals surface area contributed by atoms with Crippen molar-refractivity contribution in [3.05, 3.63) is 33.2 Å². The summed E-state index contributed by atoms with van der Waals surface area (Å²) in [6.45, 7) is 0.297. The second-order valence-electron chi connectivity index (χ2n) is 2.43. The van der Waals surface area contributed by atoms with Crippen molar-refractivity contribution in [2.45, 2.75) is 6.04 Å². The first-order valence-corrected chi connectivity index (χ1v) is 3.87. The molecular weight excluding hydrogens is 178 g/mol. The summed E-state index contributed by atoms with van der Waals surface area (Å²) in [5.74, 6) is 0. The van der Waals surface area contributed by atoms with E-state index in [0.29, 0.717) is 12.1 Å². The molecule has 1 aromatic rings. The van der Waals surface area contributed by atoms with Gasteiger partial charge in [-0.1, -0.05) is 11.6 Å². The maximum atomic E-state index is 10.7. The number of rotatable bonds is 2. The Balaban J connectivity index is 3.09. The number of aromatic amines is 1. The molecule has 0 aromatic carbocycles. The van der Waals surface area contributed by atoms with E-state index in [9.17, 15) is 4.79 Å². The molecule has 66 valence electrons. The molecule has 5 heteroatoms. The van der Waals surface area contributed by atoms with Gasteiger partial charge >= 0.3 is 0 Å². The van der Waals surface area contributed by atoms with E-state index in [1.54, 1.807) is 6.07 Å². The molecule has 1 aromatic heterocycles. The van der Waals surface area contributed by atoms with Crippen LogP contribution in [-0.2, 0) is 0 Å². The zero-order valence-electron chi connectivity index (χ0n) is 6.38. The van der Waals surface area contributed by atoms with Gasteiger partial charge in [-0.05, 0) is 6.07 Å². The Bertz CT molecular complexity index is 323. The minimum atomic E-state index is -0.325.